The fourth-order valence-electron chi connectivity index (χ4n) is 2.97. The van der Waals surface area contributed by atoms with Gasteiger partial charge >= 0.3 is 5.97 Å². The van der Waals surface area contributed by atoms with Gasteiger partial charge in [0.15, 0.2) is 0 Å². The van der Waals surface area contributed by atoms with E-state index < -0.39 is 12.0 Å². The van der Waals surface area contributed by atoms with E-state index in [0.29, 0.717) is 0 Å². The molecule has 1 saturated heterocycles. The Kier molecular flexibility index (Phi) is 3.62. The molecule has 1 fully saturated rings. The number of thioether (sulfide) groups is 1. The number of rotatable bonds is 1. The number of aryl methyl sites for hydroxylation is 1. The Hall–Kier alpha value is -0.520. The van der Waals surface area contributed by atoms with Crippen LogP contribution in [0.25, 0.3) is 0 Å². The van der Waals surface area contributed by atoms with Crippen molar-refractivity contribution in [3.8, 4) is 0 Å². The number of carboxylic acid groups (broad SMARTS) is 1. The first kappa shape index (κ1) is 13.5. The molecule has 0 aromatic heterocycles. The highest BCUT2D eigenvalue weighted by molar-refractivity contribution is 9.10. The normalized spacial score (nSPS) is 30.1. The monoisotopic (exact) mass is 341 g/mol. The molecule has 19 heavy (non-hydrogen) atoms. The molecular formula is C14H16BrNO2S. The SMILES string of the molecule is O=C(O)C1CCSC2(CCc3cc(Br)ccc3C2)N1. The van der Waals surface area contributed by atoms with Crippen molar-refractivity contribution in [2.75, 3.05) is 5.75 Å². The molecule has 0 bridgehead atoms. The fraction of sp³-hybridized carbons (Fsp3) is 0.500. The van der Waals surface area contributed by atoms with Crippen molar-refractivity contribution < 1.29 is 9.90 Å². The van der Waals surface area contributed by atoms with Gasteiger partial charge < -0.3 is 5.11 Å². The number of hydrogen-bond donors (Lipinski definition) is 2. The van der Waals surface area contributed by atoms with Gasteiger partial charge in [0.2, 0.25) is 0 Å². The van der Waals surface area contributed by atoms with Crippen LogP contribution in [0.2, 0.25) is 0 Å². The standard InChI is InChI=1S/C14H16BrNO2S/c15-11-2-1-10-8-14(5-3-9(10)7-11)16-12(13(17)18)4-6-19-14/h1-2,7,12,16H,3-6,8H2,(H,17,18). The molecule has 2 aliphatic rings. The van der Waals surface area contributed by atoms with Gasteiger partial charge in [0, 0.05) is 10.9 Å². The molecule has 3 rings (SSSR count). The number of nitrogens with one attached hydrogen (secondary N) is 1. The van der Waals surface area contributed by atoms with E-state index in [1.165, 1.54) is 11.1 Å². The lowest BCUT2D eigenvalue weighted by Crippen LogP contribution is -2.57. The van der Waals surface area contributed by atoms with Crippen LogP contribution in [0.3, 0.4) is 0 Å². The number of hydrogen-bond acceptors (Lipinski definition) is 3. The molecule has 1 aromatic carbocycles. The lowest BCUT2D eigenvalue weighted by atomic mass is 9.87. The largest absolute Gasteiger partial charge is 0.480 e. The fourth-order valence-corrected chi connectivity index (χ4v) is 4.85. The maximum absolute atomic E-state index is 11.2. The summed E-state index contributed by atoms with van der Waals surface area (Å²) in [5.41, 5.74) is 2.74. The van der Waals surface area contributed by atoms with Gasteiger partial charge in [-0.05, 0) is 48.3 Å². The lowest BCUT2D eigenvalue weighted by molar-refractivity contribution is -0.140. The van der Waals surface area contributed by atoms with E-state index in [1.807, 2.05) is 11.8 Å². The zero-order chi connectivity index (χ0) is 13.5. The summed E-state index contributed by atoms with van der Waals surface area (Å²) in [5, 5.41) is 12.6. The highest BCUT2D eigenvalue weighted by atomic mass is 79.9. The van der Waals surface area contributed by atoms with Crippen molar-refractivity contribution in [1.29, 1.82) is 0 Å². The molecule has 5 heteroatoms. The second-order valence-corrected chi connectivity index (χ2v) is 7.65. The first-order chi connectivity index (χ1) is 9.08. The van der Waals surface area contributed by atoms with Gasteiger partial charge in [-0.3, -0.25) is 10.1 Å². The summed E-state index contributed by atoms with van der Waals surface area (Å²) in [6, 6.07) is 6.02. The van der Waals surface area contributed by atoms with Crippen molar-refractivity contribution in [3.05, 3.63) is 33.8 Å². The summed E-state index contributed by atoms with van der Waals surface area (Å²) in [5.74, 6) is 0.205. The third kappa shape index (κ3) is 2.69. The Balaban J connectivity index is 1.84. The van der Waals surface area contributed by atoms with Crippen LogP contribution in [-0.4, -0.2) is 27.7 Å². The Morgan fingerprint density at radius 2 is 2.32 bits per heavy atom. The molecule has 3 nitrogen and oxygen atoms in total. The van der Waals surface area contributed by atoms with Gasteiger partial charge in [0.05, 0.1) is 4.87 Å². The third-order valence-corrected chi connectivity index (χ3v) is 5.91. The molecule has 1 aliphatic carbocycles. The van der Waals surface area contributed by atoms with E-state index >= 15 is 0 Å². The van der Waals surface area contributed by atoms with Gasteiger partial charge in [-0.25, -0.2) is 0 Å². The molecule has 1 heterocycles. The quantitative estimate of drug-likeness (QED) is 0.824. The van der Waals surface area contributed by atoms with E-state index in [2.05, 4.69) is 39.4 Å². The highest BCUT2D eigenvalue weighted by Crippen LogP contribution is 2.40. The zero-order valence-electron chi connectivity index (χ0n) is 10.5. The van der Waals surface area contributed by atoms with Gasteiger partial charge in [0.25, 0.3) is 0 Å². The van der Waals surface area contributed by atoms with Gasteiger partial charge in [-0.2, -0.15) is 0 Å². The molecule has 102 valence electrons. The summed E-state index contributed by atoms with van der Waals surface area (Å²) in [4.78, 5) is 11.1. The van der Waals surface area contributed by atoms with Crippen LogP contribution in [0.5, 0.6) is 0 Å². The van der Waals surface area contributed by atoms with Crippen LogP contribution >= 0.6 is 27.7 Å². The molecule has 0 amide bonds. The number of benzene rings is 1. The summed E-state index contributed by atoms with van der Waals surface area (Å²) in [6.45, 7) is 0. The second kappa shape index (κ2) is 5.11. The first-order valence-corrected chi connectivity index (χ1v) is 8.28. The first-order valence-electron chi connectivity index (χ1n) is 6.50. The molecule has 2 N–H and O–H groups in total. The zero-order valence-corrected chi connectivity index (χ0v) is 12.9. The molecule has 0 saturated carbocycles. The summed E-state index contributed by atoms with van der Waals surface area (Å²) in [7, 11) is 0. The van der Waals surface area contributed by atoms with E-state index in [0.717, 1.165) is 35.9 Å². The molecular weight excluding hydrogens is 326 g/mol. The summed E-state index contributed by atoms with van der Waals surface area (Å²) < 4.78 is 1.12. The number of carboxylic acids is 1. The van der Waals surface area contributed by atoms with Gasteiger partial charge in [-0.15, -0.1) is 11.8 Å². The predicted octanol–water partition coefficient (Wildman–Crippen LogP) is 2.81. The van der Waals surface area contributed by atoms with Crippen molar-refractivity contribution >= 4 is 33.7 Å². The number of carbonyl (C=O) groups is 1. The minimum absolute atomic E-state index is 0.0812. The summed E-state index contributed by atoms with van der Waals surface area (Å²) in [6.07, 6.45) is 3.66. The topological polar surface area (TPSA) is 49.3 Å². The maximum Gasteiger partial charge on any atom is 0.320 e. The van der Waals surface area contributed by atoms with Crippen molar-refractivity contribution in [2.45, 2.75) is 36.6 Å². The van der Waals surface area contributed by atoms with Crippen LogP contribution in [0, 0.1) is 0 Å². The molecule has 2 unspecified atom stereocenters. The van der Waals surface area contributed by atoms with Crippen molar-refractivity contribution in [1.82, 2.24) is 5.32 Å². The lowest BCUT2D eigenvalue weighted by Gasteiger charge is -2.43. The predicted molar refractivity (Wildman–Crippen MR) is 80.5 cm³/mol. The minimum Gasteiger partial charge on any atom is -0.480 e. The summed E-state index contributed by atoms with van der Waals surface area (Å²) >= 11 is 5.40. The van der Waals surface area contributed by atoms with E-state index in [-0.39, 0.29) is 4.87 Å². The average Bonchev–Trinajstić information content (AvgIpc) is 2.39. The smallest absolute Gasteiger partial charge is 0.320 e. The van der Waals surface area contributed by atoms with E-state index in [4.69, 9.17) is 0 Å². The number of fused-ring (bicyclic) bond motifs is 1. The van der Waals surface area contributed by atoms with E-state index in [1.54, 1.807) is 0 Å². The van der Waals surface area contributed by atoms with Crippen LogP contribution in [-0.2, 0) is 17.6 Å². The van der Waals surface area contributed by atoms with Crippen LogP contribution in [0.1, 0.15) is 24.0 Å². The van der Waals surface area contributed by atoms with Crippen LogP contribution < -0.4 is 5.32 Å². The Labute approximate surface area is 125 Å². The van der Waals surface area contributed by atoms with Gasteiger partial charge in [-0.1, -0.05) is 22.0 Å². The van der Waals surface area contributed by atoms with Crippen molar-refractivity contribution in [3.63, 3.8) is 0 Å². The molecule has 1 aromatic rings. The maximum atomic E-state index is 11.2. The Morgan fingerprint density at radius 3 is 3.11 bits per heavy atom. The average molecular weight is 342 g/mol. The Bertz CT molecular complexity index is 522. The van der Waals surface area contributed by atoms with Gasteiger partial charge in [0.1, 0.15) is 6.04 Å². The van der Waals surface area contributed by atoms with Crippen LogP contribution in [0.4, 0.5) is 0 Å². The molecule has 2 atom stereocenters. The minimum atomic E-state index is -0.721. The Morgan fingerprint density at radius 1 is 1.47 bits per heavy atom. The molecule has 1 spiro atoms. The second-order valence-electron chi connectivity index (χ2n) is 5.26. The van der Waals surface area contributed by atoms with Crippen molar-refractivity contribution in [2.24, 2.45) is 0 Å². The highest BCUT2D eigenvalue weighted by Gasteiger charge is 2.41. The van der Waals surface area contributed by atoms with Crippen LogP contribution in [0.15, 0.2) is 22.7 Å². The van der Waals surface area contributed by atoms with E-state index in [9.17, 15) is 9.90 Å². The molecule has 0 radical (unpaired) electrons. The number of halogens is 1. The molecule has 1 aliphatic heterocycles. The number of aliphatic carboxylic acids is 1. The third-order valence-electron chi connectivity index (χ3n) is 3.96.